The van der Waals surface area contributed by atoms with Crippen molar-refractivity contribution in [1.82, 2.24) is 0 Å². The van der Waals surface area contributed by atoms with E-state index in [0.29, 0.717) is 6.42 Å². The topological polar surface area (TPSA) is 75.1 Å². The molecule has 1 atom stereocenters. The van der Waals surface area contributed by atoms with Crippen LogP contribution >= 0.6 is 0 Å². The van der Waals surface area contributed by atoms with Crippen molar-refractivity contribution in [2.45, 2.75) is 12.5 Å². The molecule has 0 unspecified atom stereocenters. The standard InChI is InChI=1S/C10H11N3O2/c1-15-10(14)9(12-13-11)7-8-5-3-2-4-6-8/h2-6,9H,7H2,1H3/t9-/m1/s1. The van der Waals surface area contributed by atoms with E-state index in [2.05, 4.69) is 14.8 Å². The molecule has 5 nitrogen and oxygen atoms in total. The normalized spacial score (nSPS) is 11.3. The van der Waals surface area contributed by atoms with Crippen molar-refractivity contribution in [1.29, 1.82) is 0 Å². The van der Waals surface area contributed by atoms with Gasteiger partial charge in [-0.3, -0.25) is 4.79 Å². The van der Waals surface area contributed by atoms with Crippen LogP contribution in [0.3, 0.4) is 0 Å². The molecule has 1 aromatic carbocycles. The molecule has 0 spiro atoms. The number of rotatable bonds is 4. The van der Waals surface area contributed by atoms with Crippen molar-refractivity contribution in [2.24, 2.45) is 5.11 Å². The largest absolute Gasteiger partial charge is 0.469 e. The first-order valence-corrected chi connectivity index (χ1v) is 4.44. The summed E-state index contributed by atoms with van der Waals surface area (Å²) in [5, 5.41) is 3.40. The third-order valence-electron chi connectivity index (χ3n) is 1.94. The molecule has 0 aliphatic heterocycles. The van der Waals surface area contributed by atoms with Gasteiger partial charge in [-0.1, -0.05) is 35.4 Å². The van der Waals surface area contributed by atoms with Gasteiger partial charge in [0.25, 0.3) is 0 Å². The van der Waals surface area contributed by atoms with Crippen molar-refractivity contribution in [3.05, 3.63) is 46.3 Å². The Morgan fingerprint density at radius 3 is 2.73 bits per heavy atom. The molecule has 0 radical (unpaired) electrons. The first kappa shape index (κ1) is 11.1. The Hall–Kier alpha value is -2.00. The van der Waals surface area contributed by atoms with Gasteiger partial charge in [-0.2, -0.15) is 0 Å². The molecule has 0 aliphatic carbocycles. The van der Waals surface area contributed by atoms with Crippen molar-refractivity contribution in [2.75, 3.05) is 7.11 Å². The van der Waals surface area contributed by atoms with Crippen molar-refractivity contribution in [3.63, 3.8) is 0 Å². The second-order valence-corrected chi connectivity index (χ2v) is 2.93. The fraction of sp³-hybridized carbons (Fsp3) is 0.300. The fourth-order valence-electron chi connectivity index (χ4n) is 1.21. The summed E-state index contributed by atoms with van der Waals surface area (Å²) in [6.45, 7) is 0. The van der Waals surface area contributed by atoms with E-state index in [-0.39, 0.29) is 0 Å². The molecule has 0 heterocycles. The molecule has 0 saturated carbocycles. The van der Waals surface area contributed by atoms with Crippen molar-refractivity contribution < 1.29 is 9.53 Å². The third-order valence-corrected chi connectivity index (χ3v) is 1.94. The van der Waals surface area contributed by atoms with Crippen molar-refractivity contribution >= 4 is 5.97 Å². The molecule has 0 aromatic heterocycles. The molecule has 15 heavy (non-hydrogen) atoms. The number of ether oxygens (including phenoxy) is 1. The van der Waals surface area contributed by atoms with E-state index >= 15 is 0 Å². The first-order valence-electron chi connectivity index (χ1n) is 4.44. The number of nitrogens with zero attached hydrogens (tertiary/aromatic N) is 3. The summed E-state index contributed by atoms with van der Waals surface area (Å²) in [7, 11) is 1.27. The van der Waals surface area contributed by atoms with Gasteiger partial charge in [0.05, 0.1) is 7.11 Å². The Morgan fingerprint density at radius 2 is 2.20 bits per heavy atom. The maximum absolute atomic E-state index is 11.2. The number of methoxy groups -OCH3 is 1. The lowest BCUT2D eigenvalue weighted by Crippen LogP contribution is -2.22. The van der Waals surface area contributed by atoms with Crippen LogP contribution in [0.4, 0.5) is 0 Å². The maximum Gasteiger partial charge on any atom is 0.314 e. The van der Waals surface area contributed by atoms with E-state index in [0.717, 1.165) is 5.56 Å². The highest BCUT2D eigenvalue weighted by molar-refractivity contribution is 5.76. The average Bonchev–Trinajstić information content (AvgIpc) is 2.29. The Kier molecular flexibility index (Phi) is 4.19. The number of benzene rings is 1. The quantitative estimate of drug-likeness (QED) is 0.326. The van der Waals surface area contributed by atoms with E-state index in [9.17, 15) is 4.79 Å². The molecule has 0 bridgehead atoms. The highest BCUT2D eigenvalue weighted by Crippen LogP contribution is 2.07. The number of hydrogen-bond acceptors (Lipinski definition) is 3. The minimum atomic E-state index is -0.789. The summed E-state index contributed by atoms with van der Waals surface area (Å²) in [6.07, 6.45) is 0.359. The molecular weight excluding hydrogens is 194 g/mol. The summed E-state index contributed by atoms with van der Waals surface area (Å²) in [6, 6.07) is 8.54. The average molecular weight is 205 g/mol. The third kappa shape index (κ3) is 3.32. The second-order valence-electron chi connectivity index (χ2n) is 2.93. The van der Waals surface area contributed by atoms with Crippen LogP contribution in [0.5, 0.6) is 0 Å². The molecule has 5 heteroatoms. The zero-order valence-corrected chi connectivity index (χ0v) is 8.33. The van der Waals surface area contributed by atoms with Gasteiger partial charge in [0, 0.05) is 4.91 Å². The van der Waals surface area contributed by atoms with Crippen LogP contribution in [0.25, 0.3) is 10.4 Å². The number of esters is 1. The lowest BCUT2D eigenvalue weighted by Gasteiger charge is -2.08. The Morgan fingerprint density at radius 1 is 1.53 bits per heavy atom. The van der Waals surface area contributed by atoms with Gasteiger partial charge in [-0.15, -0.1) is 0 Å². The van der Waals surface area contributed by atoms with Gasteiger partial charge in [-0.05, 0) is 17.5 Å². The number of hydrogen-bond donors (Lipinski definition) is 0. The number of carbonyl (C=O) groups is 1. The summed E-state index contributed by atoms with van der Waals surface area (Å²) >= 11 is 0. The zero-order valence-electron chi connectivity index (χ0n) is 8.33. The van der Waals surface area contributed by atoms with Crippen LogP contribution in [-0.4, -0.2) is 19.1 Å². The highest BCUT2D eigenvalue weighted by Gasteiger charge is 2.17. The number of carbonyl (C=O) groups excluding carboxylic acids is 1. The van der Waals surface area contributed by atoms with Gasteiger partial charge >= 0.3 is 5.97 Å². The van der Waals surface area contributed by atoms with Gasteiger partial charge in [-0.25, -0.2) is 0 Å². The zero-order chi connectivity index (χ0) is 11.1. The van der Waals surface area contributed by atoms with E-state index in [1.807, 2.05) is 30.3 Å². The minimum absolute atomic E-state index is 0.359. The predicted octanol–water partition coefficient (Wildman–Crippen LogP) is 2.08. The van der Waals surface area contributed by atoms with Crippen molar-refractivity contribution in [3.8, 4) is 0 Å². The Balaban J connectivity index is 2.75. The van der Waals surface area contributed by atoms with E-state index < -0.39 is 12.0 Å². The van der Waals surface area contributed by atoms with Crippen LogP contribution in [0.1, 0.15) is 5.56 Å². The monoisotopic (exact) mass is 205 g/mol. The van der Waals surface area contributed by atoms with Crippen LogP contribution in [0.15, 0.2) is 35.4 Å². The molecule has 0 saturated heterocycles. The highest BCUT2D eigenvalue weighted by atomic mass is 16.5. The lowest BCUT2D eigenvalue weighted by molar-refractivity contribution is -0.142. The van der Waals surface area contributed by atoms with E-state index in [4.69, 9.17) is 5.53 Å². The van der Waals surface area contributed by atoms with Gasteiger partial charge in [0.15, 0.2) is 0 Å². The van der Waals surface area contributed by atoms with Crippen LogP contribution in [0, 0.1) is 0 Å². The van der Waals surface area contributed by atoms with Crippen LogP contribution in [-0.2, 0) is 16.0 Å². The molecular formula is C10H11N3O2. The molecule has 1 rings (SSSR count). The maximum atomic E-state index is 11.2. The summed E-state index contributed by atoms with van der Waals surface area (Å²) in [4.78, 5) is 13.8. The summed E-state index contributed by atoms with van der Waals surface area (Å²) in [5.74, 6) is -0.517. The lowest BCUT2D eigenvalue weighted by atomic mass is 10.1. The fourth-order valence-corrected chi connectivity index (χ4v) is 1.21. The summed E-state index contributed by atoms with van der Waals surface area (Å²) in [5.41, 5.74) is 9.24. The SMILES string of the molecule is COC(=O)[C@@H](Cc1ccccc1)N=[N+]=[N-]. The predicted molar refractivity (Wildman–Crippen MR) is 55.1 cm³/mol. The van der Waals surface area contributed by atoms with Gasteiger partial charge in [0.1, 0.15) is 6.04 Å². The molecule has 78 valence electrons. The first-order chi connectivity index (χ1) is 7.27. The molecule has 1 aromatic rings. The molecule has 0 N–H and O–H groups in total. The van der Waals surface area contributed by atoms with E-state index in [1.165, 1.54) is 7.11 Å². The van der Waals surface area contributed by atoms with Crippen LogP contribution < -0.4 is 0 Å². The summed E-state index contributed by atoms with van der Waals surface area (Å²) < 4.78 is 4.53. The van der Waals surface area contributed by atoms with Gasteiger partial charge in [0.2, 0.25) is 0 Å². The Bertz CT molecular complexity index is 372. The number of azide groups is 1. The minimum Gasteiger partial charge on any atom is -0.469 e. The molecule has 0 amide bonds. The molecule has 0 aliphatic rings. The smallest absolute Gasteiger partial charge is 0.314 e. The van der Waals surface area contributed by atoms with Gasteiger partial charge < -0.3 is 4.74 Å². The Labute approximate surface area is 87.3 Å². The molecule has 0 fully saturated rings. The van der Waals surface area contributed by atoms with Crippen LogP contribution in [0.2, 0.25) is 0 Å². The van der Waals surface area contributed by atoms with E-state index in [1.54, 1.807) is 0 Å². The second kappa shape index (κ2) is 5.67.